The number of nitriles is 1. The van der Waals surface area contributed by atoms with Crippen molar-refractivity contribution < 1.29 is 14.3 Å². The molecule has 0 bridgehead atoms. The fraction of sp³-hybridized carbons (Fsp3) is 0.214. The van der Waals surface area contributed by atoms with Crippen LogP contribution in [0.25, 0.3) is 5.69 Å². The van der Waals surface area contributed by atoms with E-state index in [0.717, 1.165) is 0 Å². The first kappa shape index (κ1) is 14.4. The average molecular weight is 286 g/mol. The van der Waals surface area contributed by atoms with Crippen LogP contribution < -0.4 is 10.5 Å². The van der Waals surface area contributed by atoms with Gasteiger partial charge in [0.15, 0.2) is 5.69 Å². The number of hydrogen-bond acceptors (Lipinski definition) is 6. The summed E-state index contributed by atoms with van der Waals surface area (Å²) in [6.45, 7) is 1.92. The predicted molar refractivity (Wildman–Crippen MR) is 75.2 cm³/mol. The van der Waals surface area contributed by atoms with Crippen LogP contribution in [0.5, 0.6) is 5.75 Å². The molecule has 0 atom stereocenters. The number of esters is 1. The van der Waals surface area contributed by atoms with Gasteiger partial charge in [-0.25, -0.2) is 9.78 Å². The van der Waals surface area contributed by atoms with E-state index in [9.17, 15) is 10.1 Å². The number of nitrogens with two attached hydrogens (primary N) is 1. The summed E-state index contributed by atoms with van der Waals surface area (Å²) in [7, 11) is 1.49. The minimum absolute atomic E-state index is 0.00615. The molecule has 1 aromatic carbocycles. The van der Waals surface area contributed by atoms with E-state index in [1.807, 2.05) is 0 Å². The smallest absolute Gasteiger partial charge is 0.360 e. The van der Waals surface area contributed by atoms with Crippen LogP contribution in [0.2, 0.25) is 0 Å². The molecular weight excluding hydrogens is 272 g/mol. The second-order valence-corrected chi connectivity index (χ2v) is 4.04. The number of benzene rings is 1. The second-order valence-electron chi connectivity index (χ2n) is 4.04. The molecule has 7 heteroatoms. The van der Waals surface area contributed by atoms with Gasteiger partial charge in [0.05, 0.1) is 19.3 Å². The Morgan fingerprint density at radius 3 is 2.90 bits per heavy atom. The molecule has 21 heavy (non-hydrogen) atoms. The van der Waals surface area contributed by atoms with Crippen LogP contribution in [-0.4, -0.2) is 29.2 Å². The number of methoxy groups -OCH3 is 1. The Morgan fingerprint density at radius 2 is 2.29 bits per heavy atom. The van der Waals surface area contributed by atoms with Gasteiger partial charge in [-0.05, 0) is 19.1 Å². The number of aromatic nitrogens is 2. The predicted octanol–water partition coefficient (Wildman–Crippen LogP) is 1.51. The number of carbonyl (C=O) groups is 1. The lowest BCUT2D eigenvalue weighted by molar-refractivity contribution is 0.0521. The third kappa shape index (κ3) is 2.51. The van der Waals surface area contributed by atoms with E-state index in [4.69, 9.17) is 15.2 Å². The number of nitrogens with zero attached hydrogens (tertiary/aromatic N) is 3. The molecule has 0 aliphatic carbocycles. The number of rotatable bonds is 4. The van der Waals surface area contributed by atoms with Gasteiger partial charge in [0, 0.05) is 0 Å². The Kier molecular flexibility index (Phi) is 4.09. The quantitative estimate of drug-likeness (QED) is 0.854. The summed E-state index contributed by atoms with van der Waals surface area (Å²) in [5, 5.41) is 9.22. The van der Waals surface area contributed by atoms with Crippen molar-refractivity contribution >= 4 is 11.8 Å². The summed E-state index contributed by atoms with van der Waals surface area (Å²) < 4.78 is 11.6. The highest BCUT2D eigenvalue weighted by atomic mass is 16.5. The minimum atomic E-state index is -0.609. The van der Waals surface area contributed by atoms with E-state index in [1.54, 1.807) is 25.1 Å². The van der Waals surface area contributed by atoms with E-state index in [-0.39, 0.29) is 18.1 Å². The number of hydrogen-bond donors (Lipinski definition) is 1. The van der Waals surface area contributed by atoms with E-state index in [2.05, 4.69) is 11.1 Å². The van der Waals surface area contributed by atoms with Crippen LogP contribution in [0.15, 0.2) is 24.5 Å². The van der Waals surface area contributed by atoms with Crippen molar-refractivity contribution in [2.75, 3.05) is 19.5 Å². The van der Waals surface area contributed by atoms with E-state index in [0.29, 0.717) is 17.0 Å². The maximum Gasteiger partial charge on any atom is 0.360 e. The van der Waals surface area contributed by atoms with Crippen molar-refractivity contribution in [1.29, 1.82) is 5.26 Å². The van der Waals surface area contributed by atoms with E-state index in [1.165, 1.54) is 18.0 Å². The molecule has 0 aliphatic heterocycles. The van der Waals surface area contributed by atoms with Crippen LogP contribution in [0.4, 0.5) is 5.82 Å². The standard InChI is InChI=1S/C14H14N4O3/c1-3-21-14(19)11-13(16)18(8-17-11)12-9(7-15)5-4-6-10(12)20-2/h4-6,8H,3,16H2,1-2H3. The number of imidazole rings is 1. The molecular formula is C14H14N4O3. The molecule has 2 N–H and O–H groups in total. The third-order valence-corrected chi connectivity index (χ3v) is 2.85. The number of anilines is 1. The molecule has 1 heterocycles. The highest BCUT2D eigenvalue weighted by Gasteiger charge is 2.21. The van der Waals surface area contributed by atoms with Gasteiger partial charge < -0.3 is 15.2 Å². The molecule has 2 rings (SSSR count). The van der Waals surface area contributed by atoms with Crippen molar-refractivity contribution in [3.8, 4) is 17.5 Å². The molecule has 0 saturated carbocycles. The number of carbonyl (C=O) groups excluding carboxylic acids is 1. The normalized spacial score (nSPS) is 9.95. The lowest BCUT2D eigenvalue weighted by atomic mass is 10.1. The second kappa shape index (κ2) is 5.96. The zero-order valence-electron chi connectivity index (χ0n) is 11.7. The first-order valence-electron chi connectivity index (χ1n) is 6.21. The molecule has 1 aromatic heterocycles. The van der Waals surface area contributed by atoms with Crippen LogP contribution >= 0.6 is 0 Å². The lowest BCUT2D eigenvalue weighted by Crippen LogP contribution is -2.10. The number of para-hydroxylation sites is 1. The minimum Gasteiger partial charge on any atom is -0.495 e. The molecule has 0 spiro atoms. The molecule has 2 aromatic rings. The van der Waals surface area contributed by atoms with Crippen molar-refractivity contribution in [1.82, 2.24) is 9.55 Å². The monoisotopic (exact) mass is 286 g/mol. The van der Waals surface area contributed by atoms with Gasteiger partial charge in [0.25, 0.3) is 0 Å². The van der Waals surface area contributed by atoms with Crippen LogP contribution in [-0.2, 0) is 4.74 Å². The zero-order chi connectivity index (χ0) is 15.4. The van der Waals surface area contributed by atoms with Gasteiger partial charge in [-0.2, -0.15) is 5.26 Å². The fourth-order valence-electron chi connectivity index (χ4n) is 1.92. The summed E-state index contributed by atoms with van der Waals surface area (Å²) in [5.41, 5.74) is 6.74. The molecule has 108 valence electrons. The number of nitrogen functional groups attached to an aromatic ring is 1. The molecule has 7 nitrogen and oxygen atoms in total. The van der Waals surface area contributed by atoms with Gasteiger partial charge in [-0.3, -0.25) is 4.57 Å². The first-order chi connectivity index (χ1) is 10.1. The van der Waals surface area contributed by atoms with E-state index < -0.39 is 5.97 Å². The number of ether oxygens (including phenoxy) is 2. The zero-order valence-corrected chi connectivity index (χ0v) is 11.7. The molecule has 0 unspecified atom stereocenters. The SMILES string of the molecule is CCOC(=O)c1ncn(-c2c(C#N)cccc2OC)c1N. The third-order valence-electron chi connectivity index (χ3n) is 2.85. The summed E-state index contributed by atoms with van der Waals surface area (Å²) in [5.74, 6) is -0.0647. The van der Waals surface area contributed by atoms with Crippen molar-refractivity contribution in [3.63, 3.8) is 0 Å². The molecule has 0 radical (unpaired) electrons. The van der Waals surface area contributed by atoms with Crippen LogP contribution in [0.1, 0.15) is 23.0 Å². The van der Waals surface area contributed by atoms with Crippen molar-refractivity contribution in [2.24, 2.45) is 0 Å². The molecule has 0 fully saturated rings. The Labute approximate surface area is 121 Å². The van der Waals surface area contributed by atoms with Gasteiger partial charge in [-0.1, -0.05) is 6.07 Å². The summed E-state index contributed by atoms with van der Waals surface area (Å²) >= 11 is 0. The maximum absolute atomic E-state index is 11.7. The van der Waals surface area contributed by atoms with Crippen molar-refractivity contribution in [3.05, 3.63) is 35.8 Å². The van der Waals surface area contributed by atoms with Gasteiger partial charge in [-0.15, -0.1) is 0 Å². The van der Waals surface area contributed by atoms with Crippen LogP contribution in [0.3, 0.4) is 0 Å². The summed E-state index contributed by atoms with van der Waals surface area (Å²) in [4.78, 5) is 15.7. The molecule has 0 amide bonds. The Balaban J connectivity index is 2.59. The maximum atomic E-state index is 11.7. The van der Waals surface area contributed by atoms with Gasteiger partial charge in [0.1, 0.15) is 29.7 Å². The largest absolute Gasteiger partial charge is 0.495 e. The topological polar surface area (TPSA) is 103 Å². The van der Waals surface area contributed by atoms with Crippen LogP contribution in [0, 0.1) is 11.3 Å². The highest BCUT2D eigenvalue weighted by molar-refractivity contribution is 5.92. The highest BCUT2D eigenvalue weighted by Crippen LogP contribution is 2.29. The average Bonchev–Trinajstić information content (AvgIpc) is 2.88. The molecule has 0 aliphatic rings. The van der Waals surface area contributed by atoms with E-state index >= 15 is 0 Å². The fourth-order valence-corrected chi connectivity index (χ4v) is 1.92. The summed E-state index contributed by atoms with van der Waals surface area (Å²) in [6, 6.07) is 7.07. The Hall–Kier alpha value is -3.01. The molecule has 0 saturated heterocycles. The lowest BCUT2D eigenvalue weighted by Gasteiger charge is -2.12. The summed E-state index contributed by atoms with van der Waals surface area (Å²) in [6.07, 6.45) is 1.36. The Bertz CT molecular complexity index is 715. The van der Waals surface area contributed by atoms with Crippen molar-refractivity contribution in [2.45, 2.75) is 6.92 Å². The van der Waals surface area contributed by atoms with Gasteiger partial charge >= 0.3 is 5.97 Å². The first-order valence-corrected chi connectivity index (χ1v) is 6.21. The Morgan fingerprint density at radius 1 is 1.52 bits per heavy atom. The van der Waals surface area contributed by atoms with Gasteiger partial charge in [0.2, 0.25) is 0 Å².